The van der Waals surface area contributed by atoms with Gasteiger partial charge in [-0.3, -0.25) is 19.4 Å². The van der Waals surface area contributed by atoms with Gasteiger partial charge in [0.25, 0.3) is 0 Å². The fraction of sp³-hybridized carbons (Fsp3) is 0.722. The van der Waals surface area contributed by atoms with Crippen molar-refractivity contribution in [1.29, 1.82) is 0 Å². The number of aliphatic carboxylic acids is 1. The van der Waals surface area contributed by atoms with E-state index < -0.39 is 54.5 Å². The van der Waals surface area contributed by atoms with Gasteiger partial charge in [0.1, 0.15) is 18.1 Å². The number of carboxylic acid groups (broad SMARTS) is 1. The first-order valence-electron chi connectivity index (χ1n) is 10.00. The van der Waals surface area contributed by atoms with Crippen molar-refractivity contribution in [2.75, 3.05) is 13.2 Å². The molecule has 5 atom stereocenters. The van der Waals surface area contributed by atoms with Crippen molar-refractivity contribution in [2.45, 2.75) is 64.2 Å². The quantitative estimate of drug-likeness (QED) is 0.0769. The number of carbonyl (C=O) groups is 4. The van der Waals surface area contributed by atoms with Gasteiger partial charge in [0.2, 0.25) is 17.7 Å². The zero-order valence-corrected chi connectivity index (χ0v) is 18.1. The SMILES string of the molecule is CCC(C)C(NC(=O)C(C)NC(=O)C(N)CCCN=C(N)N)C(=O)NC(CO)C(=O)O. The molecule has 178 valence electrons. The minimum Gasteiger partial charge on any atom is -0.480 e. The molecular formula is C18H35N7O6. The fourth-order valence-corrected chi connectivity index (χ4v) is 2.46. The number of rotatable bonds is 14. The van der Waals surface area contributed by atoms with E-state index in [1.54, 1.807) is 13.8 Å². The Bertz CT molecular complexity index is 653. The monoisotopic (exact) mass is 445 g/mol. The number of aliphatic imine (C=N–C) groups is 1. The minimum absolute atomic E-state index is 0.0584. The lowest BCUT2D eigenvalue weighted by atomic mass is 9.97. The van der Waals surface area contributed by atoms with E-state index in [1.165, 1.54) is 6.92 Å². The predicted molar refractivity (Wildman–Crippen MR) is 114 cm³/mol. The van der Waals surface area contributed by atoms with Gasteiger partial charge in [-0.05, 0) is 25.7 Å². The van der Waals surface area contributed by atoms with Crippen molar-refractivity contribution >= 4 is 29.7 Å². The second kappa shape index (κ2) is 14.1. The van der Waals surface area contributed by atoms with Crippen LogP contribution in [0.25, 0.3) is 0 Å². The molecule has 13 heteroatoms. The van der Waals surface area contributed by atoms with Crippen LogP contribution in [0.5, 0.6) is 0 Å². The van der Waals surface area contributed by atoms with Crippen molar-refractivity contribution in [3.63, 3.8) is 0 Å². The fourth-order valence-electron chi connectivity index (χ4n) is 2.46. The summed E-state index contributed by atoms with van der Waals surface area (Å²) in [5.74, 6) is -3.74. The molecule has 11 N–H and O–H groups in total. The van der Waals surface area contributed by atoms with Crippen LogP contribution in [0, 0.1) is 5.92 Å². The van der Waals surface area contributed by atoms with Crippen LogP contribution in [0.4, 0.5) is 0 Å². The molecule has 0 fully saturated rings. The maximum atomic E-state index is 12.5. The number of nitrogens with zero attached hydrogens (tertiary/aromatic N) is 1. The standard InChI is InChI=1S/C18H35N7O6/c1-4-9(2)13(16(29)24-12(8-26)17(30)31)25-14(27)10(3)23-15(28)11(19)6-5-7-22-18(20)21/h9-13,26H,4-8,19H2,1-3H3,(H,23,28)(H,24,29)(H,25,27)(H,30,31)(H4,20,21,22). The molecule has 0 spiro atoms. The Morgan fingerprint density at radius 1 is 1.00 bits per heavy atom. The molecule has 13 nitrogen and oxygen atoms in total. The zero-order valence-electron chi connectivity index (χ0n) is 18.1. The van der Waals surface area contributed by atoms with E-state index in [4.69, 9.17) is 27.4 Å². The highest BCUT2D eigenvalue weighted by molar-refractivity contribution is 5.94. The van der Waals surface area contributed by atoms with Gasteiger partial charge in [0.15, 0.2) is 5.96 Å². The van der Waals surface area contributed by atoms with Crippen LogP contribution in [0.2, 0.25) is 0 Å². The summed E-state index contributed by atoms with van der Waals surface area (Å²) < 4.78 is 0. The van der Waals surface area contributed by atoms with Gasteiger partial charge >= 0.3 is 5.97 Å². The van der Waals surface area contributed by atoms with Crippen LogP contribution in [0.3, 0.4) is 0 Å². The van der Waals surface area contributed by atoms with E-state index in [0.717, 1.165) is 0 Å². The number of guanidine groups is 1. The lowest BCUT2D eigenvalue weighted by molar-refractivity contribution is -0.143. The molecule has 0 aromatic heterocycles. The highest BCUT2D eigenvalue weighted by atomic mass is 16.4. The molecule has 0 radical (unpaired) electrons. The topological polar surface area (TPSA) is 235 Å². The van der Waals surface area contributed by atoms with Crippen molar-refractivity contribution in [1.82, 2.24) is 16.0 Å². The maximum absolute atomic E-state index is 12.5. The Morgan fingerprint density at radius 2 is 1.61 bits per heavy atom. The van der Waals surface area contributed by atoms with Crippen molar-refractivity contribution in [3.8, 4) is 0 Å². The number of amides is 3. The van der Waals surface area contributed by atoms with Gasteiger partial charge in [-0.25, -0.2) is 4.79 Å². The molecule has 0 aromatic carbocycles. The summed E-state index contributed by atoms with van der Waals surface area (Å²) in [5, 5.41) is 25.2. The first-order valence-corrected chi connectivity index (χ1v) is 10.00. The molecule has 0 aliphatic heterocycles. The van der Waals surface area contributed by atoms with Gasteiger partial charge in [-0.15, -0.1) is 0 Å². The van der Waals surface area contributed by atoms with Crippen molar-refractivity contribution in [3.05, 3.63) is 0 Å². The number of aliphatic hydroxyl groups excluding tert-OH is 1. The molecule has 0 saturated heterocycles. The number of hydrogen-bond acceptors (Lipinski definition) is 7. The molecule has 0 saturated carbocycles. The third kappa shape index (κ3) is 10.6. The van der Waals surface area contributed by atoms with Gasteiger partial charge in [0.05, 0.1) is 12.6 Å². The van der Waals surface area contributed by atoms with Crippen LogP contribution >= 0.6 is 0 Å². The Kier molecular flexibility index (Phi) is 12.8. The van der Waals surface area contributed by atoms with Crippen LogP contribution in [-0.4, -0.2) is 77.2 Å². The number of hydrogen-bond donors (Lipinski definition) is 8. The van der Waals surface area contributed by atoms with Crippen molar-refractivity contribution < 1.29 is 29.4 Å². The van der Waals surface area contributed by atoms with Crippen LogP contribution in [0.1, 0.15) is 40.0 Å². The third-order valence-corrected chi connectivity index (χ3v) is 4.65. The van der Waals surface area contributed by atoms with E-state index in [9.17, 15) is 19.2 Å². The largest absolute Gasteiger partial charge is 0.480 e. The van der Waals surface area contributed by atoms with E-state index in [1.807, 2.05) is 0 Å². The van der Waals surface area contributed by atoms with E-state index in [-0.39, 0.29) is 11.9 Å². The zero-order chi connectivity index (χ0) is 24.1. The van der Waals surface area contributed by atoms with Gasteiger partial charge < -0.3 is 43.4 Å². The van der Waals surface area contributed by atoms with Gasteiger partial charge in [-0.1, -0.05) is 20.3 Å². The van der Waals surface area contributed by atoms with Gasteiger partial charge in [-0.2, -0.15) is 0 Å². The molecule has 0 aliphatic carbocycles. The number of carbonyl (C=O) groups excluding carboxylic acids is 3. The summed E-state index contributed by atoms with van der Waals surface area (Å²) in [6.45, 7) is 4.45. The lowest BCUT2D eigenvalue weighted by Crippen LogP contribution is -2.58. The number of nitrogens with one attached hydrogen (secondary N) is 3. The Labute approximate surface area is 181 Å². The van der Waals surface area contributed by atoms with Crippen LogP contribution < -0.4 is 33.2 Å². The summed E-state index contributed by atoms with van der Waals surface area (Å²) in [6, 6.07) is -4.42. The Morgan fingerprint density at radius 3 is 2.10 bits per heavy atom. The number of aliphatic hydroxyl groups is 1. The Hall–Kier alpha value is -2.93. The molecule has 0 aliphatic rings. The maximum Gasteiger partial charge on any atom is 0.328 e. The summed E-state index contributed by atoms with van der Waals surface area (Å²) in [4.78, 5) is 52.0. The smallest absolute Gasteiger partial charge is 0.328 e. The summed E-state index contributed by atoms with van der Waals surface area (Å²) in [7, 11) is 0. The summed E-state index contributed by atoms with van der Waals surface area (Å²) in [5.41, 5.74) is 16.2. The second-order valence-corrected chi connectivity index (χ2v) is 7.24. The minimum atomic E-state index is -1.50. The van der Waals surface area contributed by atoms with E-state index in [2.05, 4.69) is 20.9 Å². The number of carboxylic acids is 1. The molecule has 0 bridgehead atoms. The molecular weight excluding hydrogens is 410 g/mol. The third-order valence-electron chi connectivity index (χ3n) is 4.65. The molecule has 31 heavy (non-hydrogen) atoms. The predicted octanol–water partition coefficient (Wildman–Crippen LogP) is -3.04. The molecule has 3 amide bonds. The Balaban J connectivity index is 4.90. The molecule has 0 rings (SSSR count). The molecule has 5 unspecified atom stereocenters. The summed E-state index contributed by atoms with van der Waals surface area (Å²) >= 11 is 0. The highest BCUT2D eigenvalue weighted by Crippen LogP contribution is 2.09. The van der Waals surface area contributed by atoms with E-state index in [0.29, 0.717) is 25.8 Å². The second-order valence-electron chi connectivity index (χ2n) is 7.24. The average molecular weight is 446 g/mol. The van der Waals surface area contributed by atoms with Gasteiger partial charge in [0, 0.05) is 6.54 Å². The molecule has 0 heterocycles. The van der Waals surface area contributed by atoms with Crippen LogP contribution in [0.15, 0.2) is 4.99 Å². The highest BCUT2D eigenvalue weighted by Gasteiger charge is 2.31. The van der Waals surface area contributed by atoms with Crippen molar-refractivity contribution in [2.24, 2.45) is 28.1 Å². The average Bonchev–Trinajstić information content (AvgIpc) is 2.71. The lowest BCUT2D eigenvalue weighted by Gasteiger charge is -2.26. The first kappa shape index (κ1) is 28.1. The van der Waals surface area contributed by atoms with Crippen LogP contribution in [-0.2, 0) is 19.2 Å². The normalized spacial score (nSPS) is 15.5. The number of nitrogens with two attached hydrogens (primary N) is 3. The van der Waals surface area contributed by atoms with E-state index >= 15 is 0 Å². The molecule has 0 aromatic rings. The first-order chi connectivity index (χ1) is 14.4. The summed E-state index contributed by atoms with van der Waals surface area (Å²) in [6.07, 6.45) is 1.28.